The number of para-hydroxylation sites is 1. The molecule has 0 aliphatic carbocycles. The van der Waals surface area contributed by atoms with Gasteiger partial charge in [0.25, 0.3) is 0 Å². The highest BCUT2D eigenvalue weighted by atomic mass is 16.5. The molecule has 1 aliphatic rings. The van der Waals surface area contributed by atoms with Gasteiger partial charge >= 0.3 is 0 Å². The fourth-order valence-electron chi connectivity index (χ4n) is 2.02. The topological polar surface area (TPSA) is 44.5 Å². The van der Waals surface area contributed by atoms with Gasteiger partial charge in [-0.3, -0.25) is 0 Å². The lowest BCUT2D eigenvalue weighted by atomic mass is 10.0. The summed E-state index contributed by atoms with van der Waals surface area (Å²) in [5, 5.41) is 0. The first-order chi connectivity index (χ1) is 8.02. The molecule has 0 fully saturated rings. The smallest absolute Gasteiger partial charge is 0.165 e. The third kappa shape index (κ3) is 2.72. The molecule has 0 spiro atoms. The average molecular weight is 235 g/mol. The summed E-state index contributed by atoms with van der Waals surface area (Å²) in [7, 11) is 0. The zero-order valence-electron chi connectivity index (χ0n) is 10.8. The minimum Gasteiger partial charge on any atom is -0.488 e. The first kappa shape index (κ1) is 12.2. The molecule has 1 unspecified atom stereocenters. The summed E-state index contributed by atoms with van der Waals surface area (Å²) in [5.41, 5.74) is 6.94. The van der Waals surface area contributed by atoms with Gasteiger partial charge in [-0.15, -0.1) is 0 Å². The van der Waals surface area contributed by atoms with E-state index >= 15 is 0 Å². The maximum absolute atomic E-state index is 5.93. The van der Waals surface area contributed by atoms with Crippen LogP contribution in [-0.2, 0) is 6.42 Å². The molecule has 2 N–H and O–H groups in total. The first-order valence-corrected chi connectivity index (χ1v) is 6.21. The van der Waals surface area contributed by atoms with Crippen LogP contribution in [0.25, 0.3) is 0 Å². The number of nitrogens with two attached hydrogens (primary N) is 1. The van der Waals surface area contributed by atoms with Crippen molar-refractivity contribution in [3.05, 3.63) is 23.8 Å². The van der Waals surface area contributed by atoms with Crippen molar-refractivity contribution >= 4 is 0 Å². The molecular formula is C14H21NO2. The highest BCUT2D eigenvalue weighted by Gasteiger charge is 2.32. The summed E-state index contributed by atoms with van der Waals surface area (Å²) in [6.07, 6.45) is 1.85. The molecule has 0 saturated carbocycles. The summed E-state index contributed by atoms with van der Waals surface area (Å²) in [4.78, 5) is 0. The molecule has 94 valence electrons. The summed E-state index contributed by atoms with van der Waals surface area (Å²) in [5.74, 6) is 1.71. The highest BCUT2D eigenvalue weighted by Crippen LogP contribution is 2.41. The van der Waals surface area contributed by atoms with Gasteiger partial charge in [-0.05, 0) is 26.3 Å². The molecule has 1 aromatic rings. The van der Waals surface area contributed by atoms with Crippen LogP contribution >= 0.6 is 0 Å². The second-order valence-electron chi connectivity index (χ2n) is 5.26. The van der Waals surface area contributed by atoms with E-state index in [0.717, 1.165) is 24.3 Å². The monoisotopic (exact) mass is 235 g/mol. The number of hydrogen-bond donors (Lipinski definition) is 1. The van der Waals surface area contributed by atoms with Gasteiger partial charge in [0, 0.05) is 18.0 Å². The van der Waals surface area contributed by atoms with Crippen molar-refractivity contribution in [1.29, 1.82) is 0 Å². The molecule has 0 bridgehead atoms. The van der Waals surface area contributed by atoms with E-state index in [1.54, 1.807) is 0 Å². The van der Waals surface area contributed by atoms with Gasteiger partial charge in [-0.2, -0.15) is 0 Å². The zero-order valence-corrected chi connectivity index (χ0v) is 10.8. The summed E-state index contributed by atoms with van der Waals surface area (Å²) >= 11 is 0. The molecule has 0 amide bonds. The fourth-order valence-corrected chi connectivity index (χ4v) is 2.02. The maximum Gasteiger partial charge on any atom is 0.165 e. The van der Waals surface area contributed by atoms with E-state index in [-0.39, 0.29) is 11.6 Å². The molecule has 2 rings (SSSR count). The van der Waals surface area contributed by atoms with Crippen LogP contribution in [0, 0.1) is 0 Å². The highest BCUT2D eigenvalue weighted by molar-refractivity contribution is 5.50. The first-order valence-electron chi connectivity index (χ1n) is 6.21. The largest absolute Gasteiger partial charge is 0.488 e. The van der Waals surface area contributed by atoms with Gasteiger partial charge in [0.05, 0.1) is 0 Å². The predicted octanol–water partition coefficient (Wildman–Crippen LogP) is 2.52. The van der Waals surface area contributed by atoms with Crippen molar-refractivity contribution in [1.82, 2.24) is 0 Å². The average Bonchev–Trinajstić information content (AvgIpc) is 2.60. The van der Waals surface area contributed by atoms with Crippen molar-refractivity contribution in [2.75, 3.05) is 6.61 Å². The zero-order chi connectivity index (χ0) is 12.5. The molecule has 0 saturated heterocycles. The fraction of sp³-hybridized carbons (Fsp3) is 0.571. The summed E-state index contributed by atoms with van der Waals surface area (Å²) < 4.78 is 11.7. The standard InChI is InChI=1S/C14H21NO2/c1-4-11(15)9-16-12-7-5-6-10-8-14(2,3)17-13(10)12/h5-7,11H,4,8-9,15H2,1-3H3. The molecule has 0 radical (unpaired) electrons. The van der Waals surface area contributed by atoms with Gasteiger partial charge in [-0.25, -0.2) is 0 Å². The Kier molecular flexibility index (Phi) is 3.29. The van der Waals surface area contributed by atoms with Crippen LogP contribution in [0.5, 0.6) is 11.5 Å². The van der Waals surface area contributed by atoms with E-state index < -0.39 is 0 Å². The van der Waals surface area contributed by atoms with E-state index in [1.807, 2.05) is 12.1 Å². The lowest BCUT2D eigenvalue weighted by Gasteiger charge is -2.18. The van der Waals surface area contributed by atoms with Gasteiger partial charge in [0.15, 0.2) is 11.5 Å². The maximum atomic E-state index is 5.93. The SMILES string of the molecule is CCC(N)COc1cccc2c1OC(C)(C)C2. The number of hydrogen-bond acceptors (Lipinski definition) is 3. The van der Waals surface area contributed by atoms with Crippen molar-refractivity contribution in [2.24, 2.45) is 5.73 Å². The number of rotatable bonds is 4. The van der Waals surface area contributed by atoms with Crippen LogP contribution in [0.15, 0.2) is 18.2 Å². The van der Waals surface area contributed by atoms with Gasteiger partial charge in [0.2, 0.25) is 0 Å². The van der Waals surface area contributed by atoms with Crippen LogP contribution in [-0.4, -0.2) is 18.2 Å². The molecular weight excluding hydrogens is 214 g/mol. The Labute approximate surface area is 103 Å². The Morgan fingerprint density at radius 2 is 2.24 bits per heavy atom. The second kappa shape index (κ2) is 4.57. The Morgan fingerprint density at radius 1 is 1.47 bits per heavy atom. The predicted molar refractivity (Wildman–Crippen MR) is 68.6 cm³/mol. The molecule has 17 heavy (non-hydrogen) atoms. The summed E-state index contributed by atoms with van der Waals surface area (Å²) in [6, 6.07) is 6.13. The van der Waals surface area contributed by atoms with Crippen LogP contribution in [0.3, 0.4) is 0 Å². The minimum atomic E-state index is -0.130. The minimum absolute atomic E-state index is 0.0836. The van der Waals surface area contributed by atoms with E-state index in [0.29, 0.717) is 6.61 Å². The third-order valence-corrected chi connectivity index (χ3v) is 3.03. The van der Waals surface area contributed by atoms with E-state index in [2.05, 4.69) is 26.8 Å². The Bertz CT molecular complexity index is 401. The molecule has 3 nitrogen and oxygen atoms in total. The molecule has 1 heterocycles. The Balaban J connectivity index is 2.13. The van der Waals surface area contributed by atoms with Crippen molar-refractivity contribution in [2.45, 2.75) is 45.3 Å². The lowest BCUT2D eigenvalue weighted by molar-refractivity contribution is 0.131. The summed E-state index contributed by atoms with van der Waals surface area (Å²) in [6.45, 7) is 6.78. The number of fused-ring (bicyclic) bond motifs is 1. The number of ether oxygens (including phenoxy) is 2. The normalized spacial score (nSPS) is 18.4. The lowest BCUT2D eigenvalue weighted by Crippen LogP contribution is -2.27. The number of benzene rings is 1. The second-order valence-corrected chi connectivity index (χ2v) is 5.26. The Morgan fingerprint density at radius 3 is 2.94 bits per heavy atom. The Hall–Kier alpha value is -1.22. The van der Waals surface area contributed by atoms with Crippen molar-refractivity contribution < 1.29 is 9.47 Å². The quantitative estimate of drug-likeness (QED) is 0.872. The van der Waals surface area contributed by atoms with Gasteiger partial charge < -0.3 is 15.2 Å². The van der Waals surface area contributed by atoms with E-state index in [4.69, 9.17) is 15.2 Å². The van der Waals surface area contributed by atoms with E-state index in [1.165, 1.54) is 5.56 Å². The van der Waals surface area contributed by atoms with Crippen LogP contribution in [0.4, 0.5) is 0 Å². The van der Waals surface area contributed by atoms with Crippen molar-refractivity contribution in [3.63, 3.8) is 0 Å². The third-order valence-electron chi connectivity index (χ3n) is 3.03. The van der Waals surface area contributed by atoms with E-state index in [9.17, 15) is 0 Å². The van der Waals surface area contributed by atoms with Crippen LogP contribution < -0.4 is 15.2 Å². The molecule has 3 heteroatoms. The molecule has 1 atom stereocenters. The van der Waals surface area contributed by atoms with Crippen LogP contribution in [0.2, 0.25) is 0 Å². The van der Waals surface area contributed by atoms with Gasteiger partial charge in [0.1, 0.15) is 12.2 Å². The molecule has 1 aromatic carbocycles. The van der Waals surface area contributed by atoms with Gasteiger partial charge in [-0.1, -0.05) is 19.1 Å². The molecule has 0 aromatic heterocycles. The molecule has 1 aliphatic heterocycles. The van der Waals surface area contributed by atoms with Crippen LogP contribution in [0.1, 0.15) is 32.8 Å². The van der Waals surface area contributed by atoms with Crippen molar-refractivity contribution in [3.8, 4) is 11.5 Å².